The molecule has 1 saturated heterocycles. The first-order valence-corrected chi connectivity index (χ1v) is 12.1. The van der Waals surface area contributed by atoms with Gasteiger partial charge < -0.3 is 20.0 Å². The summed E-state index contributed by atoms with van der Waals surface area (Å²) in [5, 5.41) is 23.2. The number of carboxylic acids is 1. The van der Waals surface area contributed by atoms with Gasteiger partial charge in [0.2, 0.25) is 8.32 Å². The zero-order chi connectivity index (χ0) is 20.4. The molecule has 0 spiro atoms. The van der Waals surface area contributed by atoms with E-state index >= 15 is 0 Å². The van der Waals surface area contributed by atoms with Gasteiger partial charge in [0.25, 0.3) is 0 Å². The molecule has 27 heavy (non-hydrogen) atoms. The second kappa shape index (κ2) is 8.86. The molecule has 3 N–H and O–H groups in total. The minimum atomic E-state index is -2.09. The fourth-order valence-corrected chi connectivity index (χ4v) is 10.5. The molecule has 0 aliphatic carbocycles. The molecule has 152 valence electrons. The largest absolute Gasteiger partial charge is 0.478 e. The van der Waals surface area contributed by atoms with Crippen LogP contribution in [0.3, 0.4) is 0 Å². The number of aliphatic hydroxyl groups is 1. The van der Waals surface area contributed by atoms with Gasteiger partial charge in [0.1, 0.15) is 0 Å². The second-order valence-corrected chi connectivity index (χ2v) is 14.1. The van der Waals surface area contributed by atoms with Crippen molar-refractivity contribution in [3.8, 4) is 0 Å². The van der Waals surface area contributed by atoms with Gasteiger partial charge in [-0.2, -0.15) is 0 Å². The number of hydrogen-bond donors (Lipinski definition) is 3. The average molecular weight is 394 g/mol. The van der Waals surface area contributed by atoms with Crippen molar-refractivity contribution in [1.29, 1.82) is 0 Å². The van der Waals surface area contributed by atoms with E-state index in [4.69, 9.17) is 9.53 Å². The summed E-state index contributed by atoms with van der Waals surface area (Å²) in [6, 6.07) is 6.87. The molecule has 3 atom stereocenters. The monoisotopic (exact) mass is 393 g/mol. The minimum Gasteiger partial charge on any atom is -0.478 e. The summed E-state index contributed by atoms with van der Waals surface area (Å²) in [5.74, 6) is -1.09. The molecule has 0 bridgehead atoms. The van der Waals surface area contributed by atoms with Crippen LogP contribution in [0.4, 0.5) is 0 Å². The van der Waals surface area contributed by atoms with Crippen LogP contribution in [-0.2, 0) is 4.43 Å². The molecule has 0 radical (unpaired) electrons. The Morgan fingerprint density at radius 1 is 1.04 bits per heavy atom. The van der Waals surface area contributed by atoms with Crippen LogP contribution >= 0.6 is 0 Å². The quantitative estimate of drug-likeness (QED) is 0.611. The van der Waals surface area contributed by atoms with E-state index in [9.17, 15) is 9.90 Å². The molecular weight excluding hydrogens is 358 g/mol. The van der Waals surface area contributed by atoms with Gasteiger partial charge >= 0.3 is 5.97 Å². The maximum atomic E-state index is 11.2. The van der Waals surface area contributed by atoms with E-state index in [-0.39, 0.29) is 17.6 Å². The predicted molar refractivity (Wildman–Crippen MR) is 111 cm³/mol. The number of carboxylic acid groups (broad SMARTS) is 1. The summed E-state index contributed by atoms with van der Waals surface area (Å²) >= 11 is 0. The van der Waals surface area contributed by atoms with Crippen LogP contribution in [0.2, 0.25) is 16.6 Å². The molecule has 0 amide bonds. The molecule has 1 aromatic carbocycles. The zero-order valence-corrected chi connectivity index (χ0v) is 18.4. The first-order chi connectivity index (χ1) is 12.6. The van der Waals surface area contributed by atoms with Gasteiger partial charge in [0.15, 0.2) is 0 Å². The Morgan fingerprint density at radius 2 is 1.56 bits per heavy atom. The molecule has 0 saturated carbocycles. The Balaban J connectivity index is 2.38. The van der Waals surface area contributed by atoms with Gasteiger partial charge in [0.05, 0.1) is 17.8 Å². The van der Waals surface area contributed by atoms with Gasteiger partial charge in [-0.15, -0.1) is 0 Å². The van der Waals surface area contributed by atoms with Gasteiger partial charge in [-0.1, -0.05) is 53.7 Å². The zero-order valence-electron chi connectivity index (χ0n) is 17.4. The molecule has 1 heterocycles. The van der Waals surface area contributed by atoms with Crippen LogP contribution in [0.15, 0.2) is 24.3 Å². The van der Waals surface area contributed by atoms with Gasteiger partial charge in [0, 0.05) is 19.0 Å². The molecule has 6 heteroatoms. The van der Waals surface area contributed by atoms with E-state index < -0.39 is 20.4 Å². The second-order valence-electron chi connectivity index (χ2n) is 8.65. The number of carbonyl (C=O) groups is 1. The van der Waals surface area contributed by atoms with Crippen LogP contribution in [0.5, 0.6) is 0 Å². The third-order valence-electron chi connectivity index (χ3n) is 6.12. The number of β-amino-alcohol motifs (C(OH)–C–C–N with tert-alkyl or cyclic N) is 1. The lowest BCUT2D eigenvalue weighted by molar-refractivity contribution is 0.0304. The summed E-state index contributed by atoms with van der Waals surface area (Å²) in [5.41, 5.74) is 2.60. The lowest BCUT2D eigenvalue weighted by Crippen LogP contribution is -2.57. The van der Waals surface area contributed by atoms with E-state index in [0.29, 0.717) is 29.7 Å². The lowest BCUT2D eigenvalue weighted by Gasteiger charge is -2.48. The number of aromatic carboxylic acids is 1. The Kier molecular flexibility index (Phi) is 7.25. The fourth-order valence-electron chi connectivity index (χ4n) is 4.95. The van der Waals surface area contributed by atoms with Crippen LogP contribution in [0.1, 0.15) is 63.4 Å². The van der Waals surface area contributed by atoms with Gasteiger partial charge in [-0.05, 0) is 34.3 Å². The maximum absolute atomic E-state index is 11.2. The summed E-state index contributed by atoms with van der Waals surface area (Å²) < 4.78 is 6.98. The van der Waals surface area contributed by atoms with Crippen molar-refractivity contribution in [2.75, 3.05) is 13.1 Å². The molecule has 0 unspecified atom stereocenters. The first-order valence-electron chi connectivity index (χ1n) is 10.0. The molecule has 1 aliphatic heterocycles. The Bertz CT molecular complexity index is 608. The van der Waals surface area contributed by atoms with Crippen molar-refractivity contribution in [2.45, 2.75) is 76.3 Å². The van der Waals surface area contributed by atoms with Crippen molar-refractivity contribution in [2.24, 2.45) is 0 Å². The highest BCUT2D eigenvalue weighted by molar-refractivity contribution is 6.77. The number of aliphatic hydroxyl groups excluding tert-OH is 1. The van der Waals surface area contributed by atoms with Crippen molar-refractivity contribution in [3.05, 3.63) is 35.4 Å². The van der Waals surface area contributed by atoms with E-state index in [1.54, 1.807) is 12.1 Å². The van der Waals surface area contributed by atoms with E-state index in [1.165, 1.54) is 0 Å². The molecule has 1 aliphatic rings. The maximum Gasteiger partial charge on any atom is 0.335 e. The Hall–Kier alpha value is -1.21. The van der Waals surface area contributed by atoms with Crippen molar-refractivity contribution < 1.29 is 19.4 Å². The van der Waals surface area contributed by atoms with Crippen LogP contribution in [-0.4, -0.2) is 49.8 Å². The van der Waals surface area contributed by atoms with Crippen molar-refractivity contribution in [1.82, 2.24) is 5.32 Å². The molecule has 1 aromatic rings. The van der Waals surface area contributed by atoms with Crippen molar-refractivity contribution in [3.63, 3.8) is 0 Å². The normalized spacial score (nSPS) is 24.0. The van der Waals surface area contributed by atoms with Crippen LogP contribution in [0.25, 0.3) is 0 Å². The first kappa shape index (κ1) is 22.1. The number of piperidine rings is 1. The van der Waals surface area contributed by atoms with E-state index in [2.05, 4.69) is 46.9 Å². The van der Waals surface area contributed by atoms with Gasteiger partial charge in [-0.25, -0.2) is 4.79 Å². The summed E-state index contributed by atoms with van der Waals surface area (Å²) in [6.45, 7) is 14.8. The summed E-state index contributed by atoms with van der Waals surface area (Å²) in [6.07, 6.45) is -0.680. The highest BCUT2D eigenvalue weighted by atomic mass is 28.4. The van der Waals surface area contributed by atoms with Crippen LogP contribution < -0.4 is 5.32 Å². The lowest BCUT2D eigenvalue weighted by atomic mass is 9.85. The SMILES string of the molecule is CC(C)[Si](O[C@@H]1CNC[C@H](O)[C@H]1c1ccc(C(=O)O)cc1)(C(C)C)C(C)C. The van der Waals surface area contributed by atoms with Crippen molar-refractivity contribution >= 4 is 14.3 Å². The highest BCUT2D eigenvalue weighted by Crippen LogP contribution is 2.45. The Labute approximate surface area is 164 Å². The minimum absolute atomic E-state index is 0.122. The van der Waals surface area contributed by atoms with Gasteiger partial charge in [-0.3, -0.25) is 0 Å². The molecule has 2 rings (SSSR count). The van der Waals surface area contributed by atoms with E-state index in [0.717, 1.165) is 5.56 Å². The summed E-state index contributed by atoms with van der Waals surface area (Å²) in [4.78, 5) is 11.2. The number of nitrogens with one attached hydrogen (secondary N) is 1. The standard InChI is InChI=1S/C21H35NO4Si/c1-13(2)27(14(3)4,15(5)6)26-19-12-22-11-18(23)20(19)16-7-9-17(10-8-16)21(24)25/h7-10,13-15,18-20,22-23H,11-12H2,1-6H3,(H,24,25)/t18-,19+,20+/m0/s1. The average Bonchev–Trinajstić information content (AvgIpc) is 2.58. The number of rotatable bonds is 7. The summed E-state index contributed by atoms with van der Waals surface area (Å²) in [7, 11) is -2.09. The predicted octanol–water partition coefficient (Wildman–Crippen LogP) is 3.99. The van der Waals surface area contributed by atoms with E-state index in [1.807, 2.05) is 12.1 Å². The number of hydrogen-bond acceptors (Lipinski definition) is 4. The third-order valence-corrected chi connectivity index (χ3v) is 12.2. The molecule has 1 fully saturated rings. The highest BCUT2D eigenvalue weighted by Gasteiger charge is 2.49. The molecule has 5 nitrogen and oxygen atoms in total. The van der Waals surface area contributed by atoms with Crippen LogP contribution in [0, 0.1) is 0 Å². The molecule has 0 aromatic heterocycles. The Morgan fingerprint density at radius 3 is 2.00 bits per heavy atom. The smallest absolute Gasteiger partial charge is 0.335 e. The third kappa shape index (κ3) is 4.45. The topological polar surface area (TPSA) is 78.8 Å². The fraction of sp³-hybridized carbons (Fsp3) is 0.667. The number of benzene rings is 1. The molecular formula is C21H35NO4Si.